The zero-order valence-corrected chi connectivity index (χ0v) is 20.8. The van der Waals surface area contributed by atoms with Crippen LogP contribution in [-0.2, 0) is 33.4 Å². The van der Waals surface area contributed by atoms with E-state index in [1.807, 2.05) is 0 Å². The lowest BCUT2D eigenvalue weighted by Gasteiger charge is -2.31. The van der Waals surface area contributed by atoms with Crippen LogP contribution in [-0.4, -0.2) is 67.6 Å². The maximum Gasteiger partial charge on any atom is 0.336 e. The topological polar surface area (TPSA) is 174 Å². The number of esters is 2. The van der Waals surface area contributed by atoms with E-state index in [1.54, 1.807) is 38.1 Å². The van der Waals surface area contributed by atoms with Gasteiger partial charge in [0.15, 0.2) is 0 Å². The lowest BCUT2D eigenvalue weighted by Crippen LogP contribution is -2.35. The molecule has 5 N–H and O–H groups in total. The molecule has 0 spiro atoms. The molecule has 0 fully saturated rings. The predicted molar refractivity (Wildman–Crippen MR) is 130 cm³/mol. The maximum absolute atomic E-state index is 12.9. The predicted octanol–water partition coefficient (Wildman–Crippen LogP) is 1.98. The average Bonchev–Trinajstić information content (AvgIpc) is 2.83. The van der Waals surface area contributed by atoms with Crippen LogP contribution < -0.4 is 11.1 Å². The Morgan fingerprint density at radius 1 is 1.08 bits per heavy atom. The van der Waals surface area contributed by atoms with E-state index in [0.717, 1.165) is 0 Å². The summed E-state index contributed by atoms with van der Waals surface area (Å²) in [5.74, 6) is -4.38. The highest BCUT2D eigenvalue weighted by molar-refractivity contribution is 6.31. The van der Waals surface area contributed by atoms with Crippen molar-refractivity contribution in [2.75, 3.05) is 33.5 Å². The van der Waals surface area contributed by atoms with Crippen LogP contribution >= 0.6 is 11.6 Å². The number of halogens is 1. The summed E-state index contributed by atoms with van der Waals surface area (Å²) in [4.78, 5) is 44.6. The van der Waals surface area contributed by atoms with Crippen molar-refractivity contribution in [3.05, 3.63) is 69.5 Å². The Hall–Kier alpha value is -3.67. The fraction of sp³-hybridized carbons (Fsp3) is 0.333. The third-order valence-corrected chi connectivity index (χ3v) is 4.98. The van der Waals surface area contributed by atoms with Gasteiger partial charge in [0.05, 0.1) is 49.7 Å². The molecule has 196 valence electrons. The van der Waals surface area contributed by atoms with Crippen LogP contribution in [0.25, 0.3) is 0 Å². The van der Waals surface area contributed by atoms with Crippen molar-refractivity contribution in [1.29, 1.82) is 0 Å². The number of ether oxygens (including phenoxy) is 3. The molecule has 0 radical (unpaired) electrons. The highest BCUT2D eigenvalue weighted by Gasteiger charge is 2.39. The number of carboxylic acid groups (broad SMARTS) is 2. The van der Waals surface area contributed by atoms with Crippen molar-refractivity contribution in [3.63, 3.8) is 0 Å². The van der Waals surface area contributed by atoms with Gasteiger partial charge in [0.1, 0.15) is 0 Å². The highest BCUT2D eigenvalue weighted by atomic mass is 35.5. The molecular weight excluding hydrogens is 496 g/mol. The van der Waals surface area contributed by atoms with Gasteiger partial charge in [0.2, 0.25) is 0 Å². The number of nitrogens with one attached hydrogen (secondary N) is 1. The minimum atomic E-state index is -1.26. The van der Waals surface area contributed by atoms with Crippen LogP contribution in [0.1, 0.15) is 25.3 Å². The van der Waals surface area contributed by atoms with E-state index >= 15 is 0 Å². The second-order valence-electron chi connectivity index (χ2n) is 7.07. The zero-order chi connectivity index (χ0) is 27.3. The van der Waals surface area contributed by atoms with Gasteiger partial charge in [-0.05, 0) is 25.5 Å². The van der Waals surface area contributed by atoms with E-state index in [2.05, 4.69) is 5.32 Å². The van der Waals surface area contributed by atoms with Gasteiger partial charge in [-0.3, -0.25) is 0 Å². The SMILES string of the molecule is CCOC(=O)C1=C(COCCN)NC(C)=C(C(=O)OC)[C@@H]1c1ccccc1Cl.O=C(O)/C=C\C(=O)O. The first kappa shape index (κ1) is 30.4. The third kappa shape index (κ3) is 8.84. The summed E-state index contributed by atoms with van der Waals surface area (Å²) in [6.07, 6.45) is 1.12. The Morgan fingerprint density at radius 3 is 2.19 bits per heavy atom. The molecule has 0 unspecified atom stereocenters. The number of rotatable bonds is 10. The Labute approximate surface area is 213 Å². The monoisotopic (exact) mass is 524 g/mol. The lowest BCUT2D eigenvalue weighted by atomic mass is 9.80. The standard InChI is InChI=1S/C20H25ClN2O5.C4H4O4/c1-4-28-20(25)18-15(11-27-10-9-22)23-12(2)16(19(24)26-3)17(18)13-7-5-6-8-14(13)21;5-3(6)1-2-4(7)8/h5-8,17,23H,4,9-11,22H2,1-3H3;1-2H,(H,5,6)(H,7,8)/b;2-1-/t17-;/m0./s1. The van der Waals surface area contributed by atoms with Crippen LogP contribution in [0, 0.1) is 0 Å². The van der Waals surface area contributed by atoms with Crippen molar-refractivity contribution in [2.24, 2.45) is 5.73 Å². The largest absolute Gasteiger partial charge is 0.478 e. The fourth-order valence-electron chi connectivity index (χ4n) is 3.26. The number of carboxylic acids is 2. The molecule has 0 aliphatic carbocycles. The zero-order valence-electron chi connectivity index (χ0n) is 20.1. The van der Waals surface area contributed by atoms with Crippen molar-refractivity contribution < 1.29 is 43.6 Å². The quantitative estimate of drug-likeness (QED) is 0.200. The Morgan fingerprint density at radius 2 is 1.69 bits per heavy atom. The van der Waals surface area contributed by atoms with Gasteiger partial charge in [-0.1, -0.05) is 29.8 Å². The van der Waals surface area contributed by atoms with Crippen molar-refractivity contribution in [3.8, 4) is 0 Å². The maximum atomic E-state index is 12.9. The summed E-state index contributed by atoms with van der Waals surface area (Å²) in [6, 6.07) is 7.05. The van der Waals surface area contributed by atoms with Crippen molar-refractivity contribution >= 4 is 35.5 Å². The minimum Gasteiger partial charge on any atom is -0.478 e. The van der Waals surface area contributed by atoms with E-state index < -0.39 is 29.8 Å². The van der Waals surface area contributed by atoms with Gasteiger partial charge in [-0.2, -0.15) is 0 Å². The number of carbonyl (C=O) groups is 4. The third-order valence-electron chi connectivity index (χ3n) is 4.64. The lowest BCUT2D eigenvalue weighted by molar-refractivity contribution is -0.139. The molecule has 12 heteroatoms. The second-order valence-corrected chi connectivity index (χ2v) is 7.48. The molecule has 0 saturated carbocycles. The molecule has 36 heavy (non-hydrogen) atoms. The van der Waals surface area contributed by atoms with Crippen LogP contribution in [0.15, 0.2) is 59.0 Å². The van der Waals surface area contributed by atoms with Gasteiger partial charge in [0, 0.05) is 29.4 Å². The number of methoxy groups -OCH3 is 1. The fourth-order valence-corrected chi connectivity index (χ4v) is 3.51. The molecule has 2 rings (SSSR count). The molecule has 11 nitrogen and oxygen atoms in total. The Kier molecular flexibility index (Phi) is 12.9. The van der Waals surface area contributed by atoms with E-state index in [4.69, 9.17) is 41.8 Å². The number of hydrogen-bond acceptors (Lipinski definition) is 9. The van der Waals surface area contributed by atoms with E-state index in [-0.39, 0.29) is 18.8 Å². The number of aliphatic carboxylic acids is 2. The number of nitrogens with two attached hydrogens (primary N) is 1. The molecule has 0 bridgehead atoms. The van der Waals surface area contributed by atoms with Gasteiger partial charge in [0.25, 0.3) is 0 Å². The first-order valence-corrected chi connectivity index (χ1v) is 11.1. The number of dihydropyridines is 1. The van der Waals surface area contributed by atoms with E-state index in [0.29, 0.717) is 52.9 Å². The van der Waals surface area contributed by atoms with E-state index in [1.165, 1.54) is 7.11 Å². The molecule has 1 atom stereocenters. The summed E-state index contributed by atoms with van der Waals surface area (Å²) >= 11 is 6.42. The summed E-state index contributed by atoms with van der Waals surface area (Å²) in [6.45, 7) is 4.42. The highest BCUT2D eigenvalue weighted by Crippen LogP contribution is 2.41. The molecule has 1 aliphatic heterocycles. The van der Waals surface area contributed by atoms with Gasteiger partial charge < -0.3 is 35.5 Å². The second kappa shape index (κ2) is 15.4. The van der Waals surface area contributed by atoms with Crippen LogP contribution in [0.2, 0.25) is 5.02 Å². The first-order chi connectivity index (χ1) is 17.1. The number of benzene rings is 1. The minimum absolute atomic E-state index is 0.109. The Balaban J connectivity index is 0.000000697. The molecule has 1 aliphatic rings. The summed E-state index contributed by atoms with van der Waals surface area (Å²) in [5.41, 5.74) is 7.70. The van der Waals surface area contributed by atoms with Crippen LogP contribution in [0.5, 0.6) is 0 Å². The molecule has 1 aromatic carbocycles. The van der Waals surface area contributed by atoms with Gasteiger partial charge in [-0.25, -0.2) is 19.2 Å². The van der Waals surface area contributed by atoms with Crippen molar-refractivity contribution in [1.82, 2.24) is 5.32 Å². The van der Waals surface area contributed by atoms with Gasteiger partial charge >= 0.3 is 23.9 Å². The number of allylic oxidation sites excluding steroid dienone is 1. The summed E-state index contributed by atoms with van der Waals surface area (Å²) < 4.78 is 15.8. The van der Waals surface area contributed by atoms with Crippen LogP contribution in [0.3, 0.4) is 0 Å². The summed E-state index contributed by atoms with van der Waals surface area (Å²) in [5, 5.41) is 19.1. The average molecular weight is 525 g/mol. The molecule has 1 aromatic rings. The molecule has 0 aromatic heterocycles. The van der Waals surface area contributed by atoms with E-state index in [9.17, 15) is 19.2 Å². The van der Waals surface area contributed by atoms with Crippen molar-refractivity contribution in [2.45, 2.75) is 19.8 Å². The molecule has 1 heterocycles. The van der Waals surface area contributed by atoms with Gasteiger partial charge in [-0.15, -0.1) is 0 Å². The summed E-state index contributed by atoms with van der Waals surface area (Å²) in [7, 11) is 1.29. The number of hydrogen-bond donors (Lipinski definition) is 4. The molecule has 0 amide bonds. The molecule has 0 saturated heterocycles. The normalized spacial score (nSPS) is 15.1. The Bertz CT molecular complexity index is 1050. The first-order valence-electron chi connectivity index (χ1n) is 10.7. The number of carbonyl (C=O) groups excluding carboxylic acids is 2. The smallest absolute Gasteiger partial charge is 0.336 e. The van der Waals surface area contributed by atoms with Crippen LogP contribution in [0.4, 0.5) is 0 Å². The molecular formula is C24H29ClN2O9.